The third-order valence-corrected chi connectivity index (χ3v) is 1.97. The molecule has 66 valence electrons. The van der Waals surface area contributed by atoms with E-state index in [1.165, 1.54) is 16.8 Å². The molecule has 0 aliphatic rings. The molecule has 0 spiro atoms. The minimum atomic E-state index is -0.228. The number of hydrogen-bond acceptors (Lipinski definition) is 3. The fourth-order valence-electron chi connectivity index (χ4n) is 1.29. The second kappa shape index (κ2) is 2.58. The third kappa shape index (κ3) is 1.07. The summed E-state index contributed by atoms with van der Waals surface area (Å²) in [5.41, 5.74) is 0.853. The molecule has 1 aromatic carbocycles. The maximum atomic E-state index is 11.2. The predicted octanol–water partition coefficient (Wildman–Crippen LogP) is 0.639. The number of aromatic hydroxyl groups is 1. The first-order valence-electron chi connectivity index (χ1n) is 3.84. The lowest BCUT2D eigenvalue weighted by Crippen LogP contribution is -2.16. The Bertz CT molecular complexity index is 516. The van der Waals surface area contributed by atoms with E-state index in [9.17, 15) is 9.90 Å². The van der Waals surface area contributed by atoms with Gasteiger partial charge >= 0.3 is 0 Å². The number of rotatable bonds is 0. The minimum absolute atomic E-state index is 0.0743. The summed E-state index contributed by atoms with van der Waals surface area (Å²) in [5.74, 6) is 0.0743. The Morgan fingerprint density at radius 2 is 2.23 bits per heavy atom. The molecule has 2 rings (SSSR count). The van der Waals surface area contributed by atoms with E-state index in [0.29, 0.717) is 11.0 Å². The summed E-state index contributed by atoms with van der Waals surface area (Å²) in [5, 5.41) is 9.48. The highest BCUT2D eigenvalue weighted by Crippen LogP contribution is 2.19. The summed E-state index contributed by atoms with van der Waals surface area (Å²) < 4.78 is 1.37. The van der Waals surface area contributed by atoms with E-state index in [0.717, 1.165) is 0 Å². The van der Waals surface area contributed by atoms with Gasteiger partial charge in [-0.2, -0.15) is 0 Å². The molecule has 0 aliphatic heterocycles. The number of phenols is 1. The van der Waals surface area contributed by atoms with Crippen LogP contribution in [0.3, 0.4) is 0 Å². The minimum Gasteiger partial charge on any atom is -0.506 e. The highest BCUT2D eigenvalue weighted by atomic mass is 16.3. The lowest BCUT2D eigenvalue weighted by atomic mass is 10.3. The average Bonchev–Trinajstić information content (AvgIpc) is 2.12. The smallest absolute Gasteiger partial charge is 0.269 e. The van der Waals surface area contributed by atoms with Gasteiger partial charge in [-0.05, 0) is 12.1 Å². The van der Waals surface area contributed by atoms with Crippen molar-refractivity contribution in [1.29, 1.82) is 0 Å². The Kier molecular flexibility index (Phi) is 1.55. The van der Waals surface area contributed by atoms with Crippen LogP contribution in [0.1, 0.15) is 0 Å². The van der Waals surface area contributed by atoms with Gasteiger partial charge in [-0.25, -0.2) is 4.98 Å². The average molecular weight is 176 g/mol. The number of hydrogen-bond donors (Lipinski definition) is 1. The SMILES string of the molecule is Cn1c(=O)cnc2cccc(O)c21. The summed E-state index contributed by atoms with van der Waals surface area (Å²) in [6.07, 6.45) is 1.24. The number of fused-ring (bicyclic) bond motifs is 1. The second-order valence-electron chi connectivity index (χ2n) is 2.80. The number of para-hydroxylation sites is 1. The summed E-state index contributed by atoms with van der Waals surface area (Å²) in [7, 11) is 1.60. The molecule has 4 heteroatoms. The molecular weight excluding hydrogens is 168 g/mol. The zero-order valence-corrected chi connectivity index (χ0v) is 7.06. The first kappa shape index (κ1) is 7.79. The third-order valence-electron chi connectivity index (χ3n) is 1.97. The summed E-state index contributed by atoms with van der Waals surface area (Å²) >= 11 is 0. The van der Waals surface area contributed by atoms with Gasteiger partial charge in [-0.3, -0.25) is 4.79 Å². The number of aryl methyl sites for hydroxylation is 1. The monoisotopic (exact) mass is 176 g/mol. The van der Waals surface area contributed by atoms with Crippen molar-refractivity contribution in [2.75, 3.05) is 0 Å². The molecule has 0 fully saturated rings. The van der Waals surface area contributed by atoms with E-state index in [-0.39, 0.29) is 11.3 Å². The van der Waals surface area contributed by atoms with Crippen molar-refractivity contribution < 1.29 is 5.11 Å². The van der Waals surface area contributed by atoms with E-state index in [1.807, 2.05) is 0 Å². The molecule has 2 aromatic rings. The number of phenolic OH excluding ortho intramolecular Hbond substituents is 1. The molecule has 0 saturated carbocycles. The van der Waals surface area contributed by atoms with Crippen LogP contribution in [0, 0.1) is 0 Å². The van der Waals surface area contributed by atoms with Crippen LogP contribution in [-0.4, -0.2) is 14.7 Å². The molecule has 13 heavy (non-hydrogen) atoms. The summed E-state index contributed by atoms with van der Waals surface area (Å²) in [4.78, 5) is 15.1. The zero-order chi connectivity index (χ0) is 9.42. The van der Waals surface area contributed by atoms with Crippen molar-refractivity contribution in [2.45, 2.75) is 0 Å². The fourth-order valence-corrected chi connectivity index (χ4v) is 1.29. The van der Waals surface area contributed by atoms with Crippen LogP contribution in [0.4, 0.5) is 0 Å². The van der Waals surface area contributed by atoms with Crippen molar-refractivity contribution in [3.8, 4) is 5.75 Å². The Balaban J connectivity index is 3.05. The lowest BCUT2D eigenvalue weighted by molar-refractivity contribution is 0.478. The lowest BCUT2D eigenvalue weighted by Gasteiger charge is -2.04. The van der Waals surface area contributed by atoms with Crippen molar-refractivity contribution in [1.82, 2.24) is 9.55 Å². The van der Waals surface area contributed by atoms with Gasteiger partial charge in [0.25, 0.3) is 5.56 Å². The van der Waals surface area contributed by atoms with Crippen LogP contribution in [0.5, 0.6) is 5.75 Å². The van der Waals surface area contributed by atoms with Crippen molar-refractivity contribution in [2.24, 2.45) is 7.05 Å². The topological polar surface area (TPSA) is 55.1 Å². The van der Waals surface area contributed by atoms with Gasteiger partial charge in [-0.15, -0.1) is 0 Å². The molecule has 0 unspecified atom stereocenters. The molecule has 0 aliphatic carbocycles. The molecule has 0 amide bonds. The van der Waals surface area contributed by atoms with Crippen LogP contribution in [0.25, 0.3) is 11.0 Å². The van der Waals surface area contributed by atoms with Crippen LogP contribution in [0.2, 0.25) is 0 Å². The van der Waals surface area contributed by atoms with Gasteiger partial charge in [-0.1, -0.05) is 6.07 Å². The highest BCUT2D eigenvalue weighted by Gasteiger charge is 2.03. The van der Waals surface area contributed by atoms with E-state index in [1.54, 1.807) is 19.2 Å². The van der Waals surface area contributed by atoms with Gasteiger partial charge < -0.3 is 9.67 Å². The van der Waals surface area contributed by atoms with Gasteiger partial charge in [0, 0.05) is 7.05 Å². The summed E-state index contributed by atoms with van der Waals surface area (Å²) in [6.45, 7) is 0. The second-order valence-corrected chi connectivity index (χ2v) is 2.80. The molecule has 4 nitrogen and oxygen atoms in total. The quantitative estimate of drug-likeness (QED) is 0.640. The Morgan fingerprint density at radius 1 is 1.46 bits per heavy atom. The van der Waals surface area contributed by atoms with Gasteiger partial charge in [0.1, 0.15) is 11.3 Å². The van der Waals surface area contributed by atoms with Gasteiger partial charge in [0.15, 0.2) is 0 Å². The van der Waals surface area contributed by atoms with Gasteiger partial charge in [0.2, 0.25) is 0 Å². The molecule has 0 saturated heterocycles. The predicted molar refractivity (Wildman–Crippen MR) is 48.6 cm³/mol. The molecule has 1 aromatic heterocycles. The van der Waals surface area contributed by atoms with E-state index in [2.05, 4.69) is 4.98 Å². The fraction of sp³-hybridized carbons (Fsp3) is 0.111. The van der Waals surface area contributed by atoms with Crippen LogP contribution in [0.15, 0.2) is 29.2 Å². The Hall–Kier alpha value is -1.84. The summed E-state index contributed by atoms with van der Waals surface area (Å²) in [6, 6.07) is 4.97. The number of benzene rings is 1. The molecule has 1 N–H and O–H groups in total. The van der Waals surface area contributed by atoms with Gasteiger partial charge in [0.05, 0.1) is 11.7 Å². The van der Waals surface area contributed by atoms with Crippen molar-refractivity contribution in [3.63, 3.8) is 0 Å². The Morgan fingerprint density at radius 3 is 3.00 bits per heavy atom. The first-order chi connectivity index (χ1) is 6.20. The normalized spacial score (nSPS) is 10.5. The van der Waals surface area contributed by atoms with E-state index >= 15 is 0 Å². The maximum Gasteiger partial charge on any atom is 0.269 e. The highest BCUT2D eigenvalue weighted by molar-refractivity contribution is 5.80. The van der Waals surface area contributed by atoms with Crippen LogP contribution in [-0.2, 0) is 7.05 Å². The number of nitrogens with zero attached hydrogens (tertiary/aromatic N) is 2. The van der Waals surface area contributed by atoms with E-state index < -0.39 is 0 Å². The number of aromatic nitrogens is 2. The standard InChI is InChI=1S/C9H8N2O2/c1-11-8(13)5-10-6-3-2-4-7(12)9(6)11/h2-5,12H,1H3. The van der Waals surface area contributed by atoms with Crippen LogP contribution < -0.4 is 5.56 Å². The molecular formula is C9H8N2O2. The largest absolute Gasteiger partial charge is 0.506 e. The Labute approximate surface area is 74.1 Å². The molecule has 0 atom stereocenters. The zero-order valence-electron chi connectivity index (χ0n) is 7.06. The molecule has 0 radical (unpaired) electrons. The maximum absolute atomic E-state index is 11.2. The first-order valence-corrected chi connectivity index (χ1v) is 3.84. The van der Waals surface area contributed by atoms with E-state index in [4.69, 9.17) is 0 Å². The van der Waals surface area contributed by atoms with Crippen molar-refractivity contribution in [3.05, 3.63) is 34.7 Å². The van der Waals surface area contributed by atoms with Crippen molar-refractivity contribution >= 4 is 11.0 Å². The molecule has 1 heterocycles. The molecule has 0 bridgehead atoms. The van der Waals surface area contributed by atoms with Crippen LogP contribution >= 0.6 is 0 Å².